The molecule has 13 heteroatoms. The maximum absolute atomic E-state index is 13.5. The quantitative estimate of drug-likeness (QED) is 0.603. The fourth-order valence-electron chi connectivity index (χ4n) is 4.11. The average molecular weight is 545 g/mol. The van der Waals surface area contributed by atoms with Crippen LogP contribution in [0.15, 0.2) is 22.7 Å². The standard InChI is InChI=1S/C21H24BrF3N6O3/c1-11-5-17-14(10-30(11)21(33)27-12-3-4-16(23)15(22)6-12)19-20(32)29(2)34-13(9-31(19)28-17)7-26-8-18(24)25/h3-4,6,11,13,18,26H,5,7-10H2,1-2H3,(H,27,33)/t11-,13?/m1/s1. The molecule has 0 spiro atoms. The number of hydrogen-bond donors (Lipinski definition) is 2. The van der Waals surface area contributed by atoms with Gasteiger partial charge in [-0.1, -0.05) is 0 Å². The second kappa shape index (κ2) is 9.92. The maximum atomic E-state index is 13.5. The van der Waals surface area contributed by atoms with Crippen molar-refractivity contribution in [3.8, 4) is 0 Å². The molecular weight excluding hydrogens is 521 g/mol. The van der Waals surface area contributed by atoms with Crippen LogP contribution < -0.4 is 10.6 Å². The predicted molar refractivity (Wildman–Crippen MR) is 120 cm³/mol. The van der Waals surface area contributed by atoms with Crippen molar-refractivity contribution in [2.45, 2.75) is 45.0 Å². The number of urea groups is 1. The molecule has 184 valence electrons. The summed E-state index contributed by atoms with van der Waals surface area (Å²) < 4.78 is 40.2. The Kier molecular flexibility index (Phi) is 7.14. The molecule has 1 unspecified atom stereocenters. The van der Waals surface area contributed by atoms with Crippen LogP contribution in [0.25, 0.3) is 0 Å². The zero-order chi connectivity index (χ0) is 24.6. The maximum Gasteiger partial charge on any atom is 0.322 e. The largest absolute Gasteiger partial charge is 0.322 e. The molecule has 2 N–H and O–H groups in total. The number of halogens is 4. The van der Waals surface area contributed by atoms with E-state index in [9.17, 15) is 22.8 Å². The lowest BCUT2D eigenvalue weighted by Crippen LogP contribution is -2.45. The fraction of sp³-hybridized carbons (Fsp3) is 0.476. The van der Waals surface area contributed by atoms with Crippen molar-refractivity contribution in [3.05, 3.63) is 45.4 Å². The van der Waals surface area contributed by atoms with Gasteiger partial charge in [-0.2, -0.15) is 5.10 Å². The van der Waals surface area contributed by atoms with Gasteiger partial charge in [0.05, 0.1) is 29.8 Å². The van der Waals surface area contributed by atoms with Gasteiger partial charge < -0.3 is 15.5 Å². The zero-order valence-electron chi connectivity index (χ0n) is 18.5. The van der Waals surface area contributed by atoms with Crippen LogP contribution in [0, 0.1) is 5.82 Å². The molecule has 0 bridgehead atoms. The van der Waals surface area contributed by atoms with Gasteiger partial charge >= 0.3 is 6.03 Å². The summed E-state index contributed by atoms with van der Waals surface area (Å²) in [5.41, 5.74) is 2.06. The number of nitrogens with zero attached hydrogens (tertiary/aromatic N) is 4. The van der Waals surface area contributed by atoms with Crippen molar-refractivity contribution < 1.29 is 27.6 Å². The van der Waals surface area contributed by atoms with Crippen LogP contribution in [-0.2, 0) is 24.3 Å². The molecule has 2 aliphatic heterocycles. The second-order valence-electron chi connectivity index (χ2n) is 8.28. The number of carbonyl (C=O) groups is 2. The van der Waals surface area contributed by atoms with E-state index in [2.05, 4.69) is 31.7 Å². The fourth-order valence-corrected chi connectivity index (χ4v) is 4.49. The van der Waals surface area contributed by atoms with Crippen LogP contribution in [0.2, 0.25) is 0 Å². The van der Waals surface area contributed by atoms with Crippen LogP contribution in [0.1, 0.15) is 28.7 Å². The van der Waals surface area contributed by atoms with Gasteiger partial charge in [-0.05, 0) is 41.1 Å². The molecule has 0 saturated carbocycles. The first kappa shape index (κ1) is 24.5. The van der Waals surface area contributed by atoms with E-state index in [0.717, 1.165) is 5.06 Å². The van der Waals surface area contributed by atoms with E-state index < -0.39 is 36.8 Å². The first-order valence-electron chi connectivity index (χ1n) is 10.7. The minimum Gasteiger partial charge on any atom is -0.317 e. The number of hydroxylamine groups is 2. The van der Waals surface area contributed by atoms with E-state index in [1.165, 1.54) is 29.9 Å². The van der Waals surface area contributed by atoms with E-state index in [1.807, 2.05) is 6.92 Å². The number of hydrogen-bond acceptors (Lipinski definition) is 5. The van der Waals surface area contributed by atoms with Crippen LogP contribution in [0.5, 0.6) is 0 Å². The Bertz CT molecular complexity index is 1100. The summed E-state index contributed by atoms with van der Waals surface area (Å²) >= 11 is 3.10. The van der Waals surface area contributed by atoms with Crippen molar-refractivity contribution in [1.29, 1.82) is 0 Å². The van der Waals surface area contributed by atoms with Crippen LogP contribution in [0.3, 0.4) is 0 Å². The van der Waals surface area contributed by atoms with E-state index in [1.54, 1.807) is 4.90 Å². The molecule has 2 atom stereocenters. The molecule has 0 aliphatic carbocycles. The monoisotopic (exact) mass is 544 g/mol. The SMILES string of the molecule is C[C@@H]1Cc2nn3c(c2CN1C(=O)Nc1ccc(F)c(Br)c1)C(=O)N(C)OC(CNCC(F)F)C3. The van der Waals surface area contributed by atoms with E-state index in [-0.39, 0.29) is 30.1 Å². The lowest BCUT2D eigenvalue weighted by molar-refractivity contribution is -0.146. The Morgan fingerprint density at radius 1 is 1.38 bits per heavy atom. The molecule has 1 aromatic carbocycles. The van der Waals surface area contributed by atoms with Crippen LogP contribution in [-0.4, -0.2) is 70.4 Å². The highest BCUT2D eigenvalue weighted by atomic mass is 79.9. The number of alkyl halides is 2. The topological polar surface area (TPSA) is 91.7 Å². The molecule has 1 aromatic heterocycles. The normalized spacial score (nSPS) is 20.3. The number of aromatic nitrogens is 2. The van der Waals surface area contributed by atoms with Crippen LogP contribution >= 0.6 is 15.9 Å². The van der Waals surface area contributed by atoms with Gasteiger partial charge in [-0.15, -0.1) is 0 Å². The Morgan fingerprint density at radius 3 is 2.85 bits per heavy atom. The minimum absolute atomic E-state index is 0.115. The molecule has 34 heavy (non-hydrogen) atoms. The molecule has 2 aromatic rings. The Balaban J connectivity index is 1.54. The van der Waals surface area contributed by atoms with Crippen molar-refractivity contribution in [2.75, 3.05) is 25.5 Å². The summed E-state index contributed by atoms with van der Waals surface area (Å²) in [5, 5.41) is 11.0. The van der Waals surface area contributed by atoms with Crippen molar-refractivity contribution in [2.24, 2.45) is 0 Å². The number of nitrogens with one attached hydrogen (secondary N) is 2. The van der Waals surface area contributed by atoms with Gasteiger partial charge in [0.25, 0.3) is 12.3 Å². The van der Waals surface area contributed by atoms with Crippen molar-refractivity contribution in [3.63, 3.8) is 0 Å². The van der Waals surface area contributed by atoms with Gasteiger partial charge in [0, 0.05) is 37.3 Å². The Labute approximate surface area is 202 Å². The van der Waals surface area contributed by atoms with Gasteiger partial charge in [-0.25, -0.2) is 23.0 Å². The summed E-state index contributed by atoms with van der Waals surface area (Å²) in [5.74, 6) is -0.869. The molecule has 4 rings (SSSR count). The summed E-state index contributed by atoms with van der Waals surface area (Å²) in [7, 11) is 1.46. The zero-order valence-corrected chi connectivity index (χ0v) is 20.1. The summed E-state index contributed by atoms with van der Waals surface area (Å²) in [4.78, 5) is 33.3. The van der Waals surface area contributed by atoms with Gasteiger partial charge in [0.2, 0.25) is 0 Å². The van der Waals surface area contributed by atoms with Crippen molar-refractivity contribution >= 4 is 33.6 Å². The highest BCUT2D eigenvalue weighted by Gasteiger charge is 2.37. The number of fused-ring (bicyclic) bond motifs is 3. The van der Waals surface area contributed by atoms with E-state index in [0.29, 0.717) is 29.1 Å². The number of benzene rings is 1. The third-order valence-corrected chi connectivity index (χ3v) is 6.37. The highest BCUT2D eigenvalue weighted by molar-refractivity contribution is 9.10. The van der Waals surface area contributed by atoms with Gasteiger partial charge in [0.1, 0.15) is 17.6 Å². The van der Waals surface area contributed by atoms with Gasteiger partial charge in [0.15, 0.2) is 0 Å². The predicted octanol–water partition coefficient (Wildman–Crippen LogP) is 3.00. The molecule has 0 fully saturated rings. The second-order valence-corrected chi connectivity index (χ2v) is 9.13. The third-order valence-electron chi connectivity index (χ3n) is 5.76. The van der Waals surface area contributed by atoms with Crippen LogP contribution in [0.4, 0.5) is 23.7 Å². The first-order valence-corrected chi connectivity index (χ1v) is 11.5. The third kappa shape index (κ3) is 5.05. The summed E-state index contributed by atoms with van der Waals surface area (Å²) in [6, 6.07) is 3.58. The molecule has 9 nitrogen and oxygen atoms in total. The Hall–Kier alpha value is -2.64. The number of rotatable bonds is 5. The molecule has 3 amide bonds. The average Bonchev–Trinajstić information content (AvgIpc) is 3.05. The smallest absolute Gasteiger partial charge is 0.317 e. The molecule has 0 saturated heterocycles. The van der Waals surface area contributed by atoms with E-state index >= 15 is 0 Å². The summed E-state index contributed by atoms with van der Waals surface area (Å²) in [6.07, 6.45) is -2.64. The lowest BCUT2D eigenvalue weighted by Gasteiger charge is -2.33. The lowest BCUT2D eigenvalue weighted by atomic mass is 9.99. The minimum atomic E-state index is -2.49. The number of amides is 3. The summed E-state index contributed by atoms with van der Waals surface area (Å²) in [6.45, 7) is 1.85. The number of anilines is 1. The van der Waals surface area contributed by atoms with E-state index in [4.69, 9.17) is 4.84 Å². The molecule has 3 heterocycles. The Morgan fingerprint density at radius 2 is 2.15 bits per heavy atom. The molecule has 0 radical (unpaired) electrons. The molecular formula is C21H24BrF3N6O3. The van der Waals surface area contributed by atoms with Gasteiger partial charge in [-0.3, -0.25) is 14.3 Å². The first-order chi connectivity index (χ1) is 16.1. The highest BCUT2D eigenvalue weighted by Crippen LogP contribution is 2.29. The molecule has 2 aliphatic rings. The number of carbonyl (C=O) groups excluding carboxylic acids is 2. The van der Waals surface area contributed by atoms with Crippen molar-refractivity contribution in [1.82, 2.24) is 25.1 Å².